The number of benzene rings is 1. The van der Waals surface area contributed by atoms with E-state index in [-0.39, 0.29) is 0 Å². The van der Waals surface area contributed by atoms with E-state index in [4.69, 9.17) is 9.47 Å². The molecule has 0 bridgehead atoms. The van der Waals surface area contributed by atoms with Crippen LogP contribution in [0.15, 0.2) is 24.4 Å². The third kappa shape index (κ3) is 2.23. The van der Waals surface area contributed by atoms with Crippen LogP contribution in [-0.4, -0.2) is 24.9 Å². The number of ether oxygens (including phenoxy) is 2. The molecule has 3 nitrogen and oxygen atoms in total. The number of fused-ring (bicyclic) bond motifs is 1. The Balaban J connectivity index is 1.86. The molecule has 3 rings (SSSR count). The Bertz CT molecular complexity index is 526. The normalized spacial score (nSPS) is 17.2. The Hall–Kier alpha value is -1.48. The smallest absolute Gasteiger partial charge is 0.120 e. The lowest BCUT2D eigenvalue weighted by Gasteiger charge is -2.22. The average Bonchev–Trinajstić information content (AvgIpc) is 2.82. The summed E-state index contributed by atoms with van der Waals surface area (Å²) in [5.41, 5.74) is 1.21. The monoisotopic (exact) mass is 244 g/mol. The molecule has 3 heteroatoms. The highest BCUT2D eigenvalue weighted by molar-refractivity contribution is 5.80. The molecule has 1 aromatic carbocycles. The summed E-state index contributed by atoms with van der Waals surface area (Å²) < 4.78 is 13.0. The van der Waals surface area contributed by atoms with Crippen molar-refractivity contribution in [3.63, 3.8) is 0 Å². The van der Waals surface area contributed by atoms with E-state index in [9.17, 15) is 0 Å². The van der Waals surface area contributed by atoms with Crippen molar-refractivity contribution >= 4 is 10.9 Å². The zero-order valence-corrected chi connectivity index (χ0v) is 10.7. The Morgan fingerprint density at radius 3 is 3.00 bits per heavy atom. The highest BCUT2D eigenvalue weighted by atomic mass is 16.5. The first-order valence-corrected chi connectivity index (χ1v) is 6.49. The molecule has 1 fully saturated rings. The van der Waals surface area contributed by atoms with Gasteiger partial charge in [0.2, 0.25) is 0 Å². The summed E-state index contributed by atoms with van der Waals surface area (Å²) in [4.78, 5) is 0. The van der Waals surface area contributed by atoms with Crippen molar-refractivity contribution in [1.29, 1.82) is 0 Å². The molecule has 1 saturated heterocycles. The average molecular weight is 244 g/mol. The Morgan fingerprint density at radius 1 is 1.39 bits per heavy atom. The van der Waals surface area contributed by atoms with Crippen molar-refractivity contribution < 1.29 is 9.47 Å². The lowest BCUT2D eigenvalue weighted by Crippen LogP contribution is -2.20. The van der Waals surface area contributed by atoms with Crippen molar-refractivity contribution in [1.82, 2.24) is 4.57 Å². The number of methoxy groups -OCH3 is 1. The molecule has 0 spiro atoms. The number of hydrogen-bond acceptors (Lipinski definition) is 2. The van der Waals surface area contributed by atoms with Crippen LogP contribution in [-0.2, 0) is 11.3 Å². The summed E-state index contributed by atoms with van der Waals surface area (Å²) in [5, 5.41) is 1.16. The van der Waals surface area contributed by atoms with Crippen molar-refractivity contribution in [2.45, 2.75) is 19.4 Å². The number of hydrogen-bond donors (Lipinski definition) is 0. The fourth-order valence-electron chi connectivity index (χ4n) is 2.57. The molecular formula is C15H18NO2. The van der Waals surface area contributed by atoms with Gasteiger partial charge in [0.15, 0.2) is 0 Å². The number of rotatable bonds is 3. The fraction of sp³-hybridized carbons (Fsp3) is 0.467. The van der Waals surface area contributed by atoms with Crippen molar-refractivity contribution in [3.8, 4) is 5.75 Å². The maximum absolute atomic E-state index is 5.41. The van der Waals surface area contributed by atoms with Crippen molar-refractivity contribution in [2.75, 3.05) is 20.3 Å². The van der Waals surface area contributed by atoms with E-state index in [0.29, 0.717) is 5.92 Å². The topological polar surface area (TPSA) is 23.4 Å². The van der Waals surface area contributed by atoms with Crippen LogP contribution in [0.4, 0.5) is 0 Å². The fourth-order valence-corrected chi connectivity index (χ4v) is 2.57. The predicted molar refractivity (Wildman–Crippen MR) is 70.9 cm³/mol. The van der Waals surface area contributed by atoms with Crippen LogP contribution in [0, 0.1) is 12.0 Å². The van der Waals surface area contributed by atoms with Gasteiger partial charge in [0.1, 0.15) is 5.75 Å². The maximum Gasteiger partial charge on any atom is 0.120 e. The van der Waals surface area contributed by atoms with Crippen LogP contribution in [0.3, 0.4) is 0 Å². The Morgan fingerprint density at radius 2 is 2.22 bits per heavy atom. The molecule has 2 heterocycles. The van der Waals surface area contributed by atoms with Gasteiger partial charge in [0, 0.05) is 43.5 Å². The van der Waals surface area contributed by atoms with Crippen LogP contribution in [0.5, 0.6) is 5.75 Å². The van der Waals surface area contributed by atoms with Gasteiger partial charge >= 0.3 is 0 Å². The van der Waals surface area contributed by atoms with Crippen LogP contribution in [0.2, 0.25) is 0 Å². The van der Waals surface area contributed by atoms with E-state index in [0.717, 1.165) is 43.7 Å². The van der Waals surface area contributed by atoms with Gasteiger partial charge in [-0.3, -0.25) is 0 Å². The maximum atomic E-state index is 5.41. The Labute approximate surface area is 107 Å². The minimum atomic E-state index is 0.717. The molecule has 18 heavy (non-hydrogen) atoms. The molecule has 1 radical (unpaired) electrons. The van der Waals surface area contributed by atoms with Gasteiger partial charge in [0.25, 0.3) is 0 Å². The second kappa shape index (κ2) is 5.02. The molecule has 0 unspecified atom stereocenters. The Kier molecular flexibility index (Phi) is 3.24. The first-order chi connectivity index (χ1) is 8.86. The second-order valence-corrected chi connectivity index (χ2v) is 4.86. The third-order valence-corrected chi connectivity index (χ3v) is 3.69. The molecule has 0 aliphatic carbocycles. The molecule has 0 amide bonds. The molecule has 1 aliphatic rings. The van der Waals surface area contributed by atoms with E-state index in [1.54, 1.807) is 7.11 Å². The molecule has 95 valence electrons. The minimum absolute atomic E-state index is 0.717. The molecule has 1 aliphatic heterocycles. The summed E-state index contributed by atoms with van der Waals surface area (Å²) >= 11 is 0. The largest absolute Gasteiger partial charge is 0.497 e. The number of nitrogens with zero attached hydrogens (tertiary/aromatic N) is 1. The van der Waals surface area contributed by atoms with Crippen LogP contribution >= 0.6 is 0 Å². The zero-order valence-electron chi connectivity index (χ0n) is 10.7. The molecular weight excluding hydrogens is 226 g/mol. The van der Waals surface area contributed by atoms with Gasteiger partial charge in [-0.05, 0) is 30.9 Å². The molecule has 0 N–H and O–H groups in total. The lowest BCUT2D eigenvalue weighted by molar-refractivity contribution is 0.0616. The standard InChI is InChI=1S/C15H18NO2/c1-17-14-3-2-13-4-7-16(15(13)10-14)11-12-5-8-18-9-6-12/h2-3,7,10,12H,5-6,8-9,11H2,1H3. The quantitative estimate of drug-likeness (QED) is 0.828. The van der Waals surface area contributed by atoms with E-state index in [1.165, 1.54) is 5.52 Å². The van der Waals surface area contributed by atoms with Gasteiger partial charge in [-0.15, -0.1) is 0 Å². The first kappa shape index (κ1) is 11.6. The van der Waals surface area contributed by atoms with Crippen LogP contribution < -0.4 is 4.74 Å². The summed E-state index contributed by atoms with van der Waals surface area (Å²) in [6.07, 6.45) is 4.37. The van der Waals surface area contributed by atoms with Gasteiger partial charge in [-0.2, -0.15) is 0 Å². The summed E-state index contributed by atoms with van der Waals surface area (Å²) in [6.45, 7) is 2.85. The molecule has 0 saturated carbocycles. The van der Waals surface area contributed by atoms with Gasteiger partial charge in [-0.25, -0.2) is 0 Å². The van der Waals surface area contributed by atoms with Crippen LogP contribution in [0.1, 0.15) is 12.8 Å². The zero-order chi connectivity index (χ0) is 12.4. The van der Waals surface area contributed by atoms with Gasteiger partial charge in [0.05, 0.1) is 12.6 Å². The SMILES string of the molecule is COc1ccc2[c]cn(CC3CCOCC3)c2c1. The predicted octanol–water partition coefficient (Wildman–Crippen LogP) is 2.88. The van der Waals surface area contributed by atoms with Crippen molar-refractivity contribution in [3.05, 3.63) is 30.5 Å². The highest BCUT2D eigenvalue weighted by Crippen LogP contribution is 2.24. The summed E-state index contributed by atoms with van der Waals surface area (Å²) in [7, 11) is 1.70. The highest BCUT2D eigenvalue weighted by Gasteiger charge is 2.15. The first-order valence-electron chi connectivity index (χ1n) is 6.49. The van der Waals surface area contributed by atoms with Crippen molar-refractivity contribution in [2.24, 2.45) is 5.92 Å². The van der Waals surface area contributed by atoms with Crippen LogP contribution in [0.25, 0.3) is 10.9 Å². The second-order valence-electron chi connectivity index (χ2n) is 4.86. The minimum Gasteiger partial charge on any atom is -0.497 e. The summed E-state index contributed by atoms with van der Waals surface area (Å²) in [6, 6.07) is 9.44. The molecule has 1 aromatic heterocycles. The number of aromatic nitrogens is 1. The molecule has 0 atom stereocenters. The van der Waals surface area contributed by atoms with E-state index in [1.807, 2.05) is 6.07 Å². The van der Waals surface area contributed by atoms with Gasteiger partial charge in [-0.1, -0.05) is 0 Å². The molecule has 2 aromatic rings. The van der Waals surface area contributed by atoms with E-state index >= 15 is 0 Å². The third-order valence-electron chi connectivity index (χ3n) is 3.69. The van der Waals surface area contributed by atoms with E-state index < -0.39 is 0 Å². The lowest BCUT2D eigenvalue weighted by atomic mass is 10.0. The van der Waals surface area contributed by atoms with E-state index in [2.05, 4.69) is 29.0 Å². The van der Waals surface area contributed by atoms with Gasteiger partial charge < -0.3 is 14.0 Å². The summed E-state index contributed by atoms with van der Waals surface area (Å²) in [5.74, 6) is 1.62.